The van der Waals surface area contributed by atoms with Crippen LogP contribution in [0, 0.1) is 0 Å². The van der Waals surface area contributed by atoms with Gasteiger partial charge in [-0.05, 0) is 43.9 Å². The van der Waals surface area contributed by atoms with Crippen LogP contribution in [0.5, 0.6) is 0 Å². The number of methoxy groups -OCH3 is 1. The standard InChI is InChI=1S/C16H19N3O2/c1-21-13-7-11-3-4-12(8-13)19(11)16(20)10-2-5-14-15(6-10)18-9-17-14/h2,5-6,9,11-13H,3-4,7-8H2,1H3,(H,17,18). The smallest absolute Gasteiger partial charge is 0.254 e. The van der Waals surface area contributed by atoms with Crippen LogP contribution in [0.15, 0.2) is 24.5 Å². The lowest BCUT2D eigenvalue weighted by atomic mass is 9.98. The number of hydrogen-bond acceptors (Lipinski definition) is 3. The number of amides is 1. The van der Waals surface area contributed by atoms with Crippen LogP contribution in [0.3, 0.4) is 0 Å². The molecular formula is C16H19N3O2. The van der Waals surface area contributed by atoms with Crippen molar-refractivity contribution in [3.63, 3.8) is 0 Å². The second-order valence-electron chi connectivity index (χ2n) is 6.06. The third-order valence-corrected chi connectivity index (χ3v) is 4.92. The summed E-state index contributed by atoms with van der Waals surface area (Å²) in [5.74, 6) is 0.147. The van der Waals surface area contributed by atoms with Crippen molar-refractivity contribution in [3.8, 4) is 0 Å². The lowest BCUT2D eigenvalue weighted by Gasteiger charge is -2.38. The van der Waals surface area contributed by atoms with Crippen LogP contribution < -0.4 is 0 Å². The summed E-state index contributed by atoms with van der Waals surface area (Å²) in [4.78, 5) is 22.2. The van der Waals surface area contributed by atoms with Crippen molar-refractivity contribution in [2.45, 2.75) is 43.9 Å². The van der Waals surface area contributed by atoms with Crippen molar-refractivity contribution in [1.29, 1.82) is 0 Å². The summed E-state index contributed by atoms with van der Waals surface area (Å²) in [6, 6.07) is 6.36. The van der Waals surface area contributed by atoms with Crippen LogP contribution in [0.4, 0.5) is 0 Å². The minimum absolute atomic E-state index is 0.147. The number of benzene rings is 1. The number of piperidine rings is 1. The Morgan fingerprint density at radius 2 is 2.10 bits per heavy atom. The van der Waals surface area contributed by atoms with Gasteiger partial charge in [-0.15, -0.1) is 0 Å². The maximum Gasteiger partial charge on any atom is 0.254 e. The number of rotatable bonds is 2. The predicted molar refractivity (Wildman–Crippen MR) is 79.1 cm³/mol. The Hall–Kier alpha value is -1.88. The molecular weight excluding hydrogens is 266 g/mol. The first kappa shape index (κ1) is 12.8. The van der Waals surface area contributed by atoms with Gasteiger partial charge >= 0.3 is 0 Å². The van der Waals surface area contributed by atoms with E-state index in [2.05, 4.69) is 14.9 Å². The van der Waals surface area contributed by atoms with Gasteiger partial charge in [0.25, 0.3) is 5.91 Å². The maximum atomic E-state index is 12.9. The summed E-state index contributed by atoms with van der Waals surface area (Å²) in [6.07, 6.45) is 6.09. The number of hydrogen-bond donors (Lipinski definition) is 1. The highest BCUT2D eigenvalue weighted by molar-refractivity contribution is 5.97. The van der Waals surface area contributed by atoms with E-state index < -0.39 is 0 Å². The van der Waals surface area contributed by atoms with E-state index in [1.54, 1.807) is 13.4 Å². The fourth-order valence-electron chi connectivity index (χ4n) is 3.87. The third kappa shape index (κ3) is 2.03. The lowest BCUT2D eigenvalue weighted by molar-refractivity contribution is 0.00823. The van der Waals surface area contributed by atoms with Crippen LogP contribution in [0.1, 0.15) is 36.0 Å². The molecule has 1 aromatic heterocycles. The zero-order valence-electron chi connectivity index (χ0n) is 12.1. The minimum Gasteiger partial charge on any atom is -0.381 e. The molecule has 5 heteroatoms. The van der Waals surface area contributed by atoms with Gasteiger partial charge in [-0.2, -0.15) is 0 Å². The molecule has 0 spiro atoms. The van der Waals surface area contributed by atoms with Crippen molar-refractivity contribution in [2.24, 2.45) is 0 Å². The average Bonchev–Trinajstić information content (AvgIpc) is 3.08. The molecule has 1 amide bonds. The summed E-state index contributed by atoms with van der Waals surface area (Å²) >= 11 is 0. The van der Waals surface area contributed by atoms with E-state index in [0.717, 1.165) is 42.3 Å². The molecule has 2 aromatic rings. The Morgan fingerprint density at radius 3 is 2.81 bits per heavy atom. The molecule has 5 nitrogen and oxygen atoms in total. The molecule has 0 saturated carbocycles. The van der Waals surface area contributed by atoms with Crippen molar-refractivity contribution < 1.29 is 9.53 Å². The number of carbonyl (C=O) groups is 1. The highest BCUT2D eigenvalue weighted by atomic mass is 16.5. The number of ether oxygens (including phenoxy) is 1. The second-order valence-corrected chi connectivity index (χ2v) is 6.06. The monoisotopic (exact) mass is 285 g/mol. The van der Waals surface area contributed by atoms with Gasteiger partial charge in [0.2, 0.25) is 0 Å². The van der Waals surface area contributed by atoms with E-state index in [9.17, 15) is 4.79 Å². The van der Waals surface area contributed by atoms with Crippen molar-refractivity contribution in [3.05, 3.63) is 30.1 Å². The Kier molecular flexibility index (Phi) is 2.96. The van der Waals surface area contributed by atoms with Crippen LogP contribution >= 0.6 is 0 Å². The summed E-state index contributed by atoms with van der Waals surface area (Å²) in [5.41, 5.74) is 2.56. The highest BCUT2D eigenvalue weighted by Crippen LogP contribution is 2.37. The maximum absolute atomic E-state index is 12.9. The van der Waals surface area contributed by atoms with Gasteiger partial charge in [-0.3, -0.25) is 4.79 Å². The number of nitrogens with zero attached hydrogens (tertiary/aromatic N) is 2. The van der Waals surface area contributed by atoms with Gasteiger partial charge in [0.05, 0.1) is 23.5 Å². The number of imidazole rings is 1. The van der Waals surface area contributed by atoms with E-state index in [4.69, 9.17) is 4.74 Å². The lowest BCUT2D eigenvalue weighted by Crippen LogP contribution is -2.48. The summed E-state index contributed by atoms with van der Waals surface area (Å²) in [7, 11) is 1.77. The molecule has 4 rings (SSSR count). The van der Waals surface area contributed by atoms with Gasteiger partial charge in [0.1, 0.15) is 0 Å². The van der Waals surface area contributed by atoms with Crippen LogP contribution in [0.2, 0.25) is 0 Å². The van der Waals surface area contributed by atoms with E-state index in [1.807, 2.05) is 18.2 Å². The molecule has 3 heterocycles. The fourth-order valence-corrected chi connectivity index (χ4v) is 3.87. The second kappa shape index (κ2) is 4.84. The zero-order valence-corrected chi connectivity index (χ0v) is 12.1. The van der Waals surface area contributed by atoms with Crippen LogP contribution in [-0.4, -0.2) is 46.1 Å². The number of aromatic nitrogens is 2. The fraction of sp³-hybridized carbons (Fsp3) is 0.500. The molecule has 1 aromatic carbocycles. The van der Waals surface area contributed by atoms with Crippen LogP contribution in [0.25, 0.3) is 11.0 Å². The Bertz CT molecular complexity index is 667. The van der Waals surface area contributed by atoms with Crippen molar-refractivity contribution in [1.82, 2.24) is 14.9 Å². The van der Waals surface area contributed by atoms with Gasteiger partial charge in [0.15, 0.2) is 0 Å². The molecule has 0 aliphatic carbocycles. The van der Waals surface area contributed by atoms with Gasteiger partial charge in [-0.1, -0.05) is 0 Å². The molecule has 2 unspecified atom stereocenters. The first-order valence-corrected chi connectivity index (χ1v) is 7.55. The Labute approximate surface area is 123 Å². The molecule has 1 N–H and O–H groups in total. The molecule has 2 atom stereocenters. The number of fused-ring (bicyclic) bond motifs is 3. The normalized spacial score (nSPS) is 28.2. The van der Waals surface area contributed by atoms with Gasteiger partial charge < -0.3 is 14.6 Å². The first-order valence-electron chi connectivity index (χ1n) is 7.55. The number of H-pyrrole nitrogens is 1. The summed E-state index contributed by atoms with van der Waals surface area (Å²) < 4.78 is 5.50. The van der Waals surface area contributed by atoms with Crippen LogP contribution in [-0.2, 0) is 4.74 Å². The molecule has 2 bridgehead atoms. The van der Waals surface area contributed by atoms with E-state index >= 15 is 0 Å². The molecule has 110 valence electrons. The van der Waals surface area contributed by atoms with E-state index in [0.29, 0.717) is 18.2 Å². The van der Waals surface area contributed by atoms with Crippen molar-refractivity contribution in [2.75, 3.05) is 7.11 Å². The Balaban J connectivity index is 1.62. The quantitative estimate of drug-likeness (QED) is 0.921. The topological polar surface area (TPSA) is 58.2 Å². The Morgan fingerprint density at radius 1 is 1.33 bits per heavy atom. The molecule has 2 aliphatic heterocycles. The first-order chi connectivity index (χ1) is 10.3. The van der Waals surface area contributed by atoms with E-state index in [1.165, 1.54) is 0 Å². The number of nitrogens with one attached hydrogen (secondary N) is 1. The van der Waals surface area contributed by atoms with Gasteiger partial charge in [0, 0.05) is 24.8 Å². The molecule has 2 aliphatic rings. The average molecular weight is 285 g/mol. The summed E-state index contributed by atoms with van der Waals surface area (Å²) in [6.45, 7) is 0. The summed E-state index contributed by atoms with van der Waals surface area (Å²) in [5, 5.41) is 0. The molecule has 0 radical (unpaired) electrons. The predicted octanol–water partition coefficient (Wildman–Crippen LogP) is 2.34. The molecule has 2 fully saturated rings. The minimum atomic E-state index is 0.147. The van der Waals surface area contributed by atoms with Gasteiger partial charge in [-0.25, -0.2) is 4.98 Å². The third-order valence-electron chi connectivity index (χ3n) is 4.92. The molecule has 2 saturated heterocycles. The zero-order chi connectivity index (χ0) is 14.4. The highest BCUT2D eigenvalue weighted by Gasteiger charge is 2.43. The number of aromatic amines is 1. The SMILES string of the molecule is COC1CC2CCC(C1)N2C(=O)c1ccc2nc[nH]c2c1. The largest absolute Gasteiger partial charge is 0.381 e. The van der Waals surface area contributed by atoms with Crippen molar-refractivity contribution >= 4 is 16.9 Å². The molecule has 21 heavy (non-hydrogen) atoms. The van der Waals surface area contributed by atoms with E-state index in [-0.39, 0.29) is 5.91 Å². The number of carbonyl (C=O) groups excluding carboxylic acids is 1.